The molecule has 2 heteroatoms. The lowest BCUT2D eigenvalue weighted by molar-refractivity contribution is -0.120. The minimum absolute atomic E-state index is 0.180. The summed E-state index contributed by atoms with van der Waals surface area (Å²) in [4.78, 5) is 11.8. The number of hydrogen-bond donors (Lipinski definition) is 1. The first-order chi connectivity index (χ1) is 7.99. The summed E-state index contributed by atoms with van der Waals surface area (Å²) >= 11 is 0. The van der Waals surface area contributed by atoms with E-state index in [1.807, 2.05) is 0 Å². The Kier molecular flexibility index (Phi) is 5.36. The lowest BCUT2D eigenvalue weighted by Crippen LogP contribution is -2.32. The van der Waals surface area contributed by atoms with Crippen LogP contribution in [0.3, 0.4) is 0 Å². The molecule has 0 heterocycles. The van der Waals surface area contributed by atoms with Crippen molar-refractivity contribution in [2.75, 3.05) is 0 Å². The van der Waals surface area contributed by atoms with Gasteiger partial charge in [0.1, 0.15) is 5.78 Å². The van der Waals surface area contributed by atoms with Crippen LogP contribution in [0.15, 0.2) is 24.3 Å². The van der Waals surface area contributed by atoms with Gasteiger partial charge in [-0.05, 0) is 31.2 Å². The van der Waals surface area contributed by atoms with E-state index in [1.54, 1.807) is 0 Å². The highest BCUT2D eigenvalue weighted by Gasteiger charge is 2.14. The van der Waals surface area contributed by atoms with Crippen molar-refractivity contribution >= 4 is 5.78 Å². The molecule has 1 aromatic carbocycles. The van der Waals surface area contributed by atoms with E-state index in [0.717, 1.165) is 12.8 Å². The highest BCUT2D eigenvalue weighted by molar-refractivity contribution is 5.83. The summed E-state index contributed by atoms with van der Waals surface area (Å²) in [7, 11) is 0. The van der Waals surface area contributed by atoms with E-state index in [4.69, 9.17) is 5.73 Å². The van der Waals surface area contributed by atoms with Gasteiger partial charge in [0.2, 0.25) is 0 Å². The first-order valence-electron chi connectivity index (χ1n) is 6.33. The molecule has 0 radical (unpaired) electrons. The second-order valence-corrected chi connectivity index (χ2v) is 5.19. The van der Waals surface area contributed by atoms with Crippen molar-refractivity contribution in [2.24, 2.45) is 11.7 Å². The third-order valence-electron chi connectivity index (χ3n) is 2.92. The van der Waals surface area contributed by atoms with Gasteiger partial charge in [0.15, 0.2) is 0 Å². The maximum atomic E-state index is 11.8. The lowest BCUT2D eigenvalue weighted by atomic mass is 9.97. The Morgan fingerprint density at radius 2 is 1.82 bits per heavy atom. The Hall–Kier alpha value is -1.15. The van der Waals surface area contributed by atoms with Crippen LogP contribution >= 0.6 is 0 Å². The Bertz CT molecular complexity index is 354. The van der Waals surface area contributed by atoms with Crippen LogP contribution in [0.1, 0.15) is 37.8 Å². The lowest BCUT2D eigenvalue weighted by Gasteiger charge is -2.12. The minimum atomic E-state index is -0.291. The third kappa shape index (κ3) is 5.14. The number of hydrogen-bond acceptors (Lipinski definition) is 2. The van der Waals surface area contributed by atoms with Crippen LogP contribution in [-0.2, 0) is 11.2 Å². The summed E-state index contributed by atoms with van der Waals surface area (Å²) in [6.07, 6.45) is 2.13. The molecular weight excluding hydrogens is 210 g/mol. The second-order valence-electron chi connectivity index (χ2n) is 5.19. The molecule has 0 fully saturated rings. The maximum Gasteiger partial charge on any atom is 0.149 e. The fourth-order valence-electron chi connectivity index (χ4n) is 1.85. The zero-order valence-electron chi connectivity index (χ0n) is 11.1. The van der Waals surface area contributed by atoms with Gasteiger partial charge in [-0.25, -0.2) is 0 Å². The Labute approximate surface area is 104 Å². The summed E-state index contributed by atoms with van der Waals surface area (Å²) in [5, 5.41) is 0. The number of nitrogens with two attached hydrogens (primary N) is 1. The van der Waals surface area contributed by atoms with Gasteiger partial charge in [-0.15, -0.1) is 0 Å². The van der Waals surface area contributed by atoms with Gasteiger partial charge in [0.25, 0.3) is 0 Å². The Balaban J connectivity index is 2.40. The summed E-state index contributed by atoms with van der Waals surface area (Å²) in [6.45, 7) is 6.24. The quantitative estimate of drug-likeness (QED) is 0.821. The van der Waals surface area contributed by atoms with E-state index < -0.39 is 0 Å². The topological polar surface area (TPSA) is 43.1 Å². The molecule has 17 heavy (non-hydrogen) atoms. The molecule has 0 saturated carbocycles. The molecule has 2 nitrogen and oxygen atoms in total. The zero-order valence-corrected chi connectivity index (χ0v) is 11.1. The van der Waals surface area contributed by atoms with Crippen LogP contribution in [0.4, 0.5) is 0 Å². The van der Waals surface area contributed by atoms with Crippen molar-refractivity contribution < 1.29 is 4.79 Å². The van der Waals surface area contributed by atoms with Crippen molar-refractivity contribution in [3.63, 3.8) is 0 Å². The number of carbonyl (C=O) groups is 1. The predicted molar refractivity (Wildman–Crippen MR) is 71.9 cm³/mol. The van der Waals surface area contributed by atoms with Gasteiger partial charge in [-0.3, -0.25) is 4.79 Å². The molecule has 0 aliphatic rings. The molecule has 0 aliphatic carbocycles. The molecular formula is C15H23NO. The van der Waals surface area contributed by atoms with E-state index >= 15 is 0 Å². The maximum absolute atomic E-state index is 11.8. The van der Waals surface area contributed by atoms with Crippen LogP contribution in [0.25, 0.3) is 0 Å². The first-order valence-corrected chi connectivity index (χ1v) is 6.33. The molecule has 0 aromatic heterocycles. The van der Waals surface area contributed by atoms with Gasteiger partial charge >= 0.3 is 0 Å². The van der Waals surface area contributed by atoms with E-state index in [9.17, 15) is 4.79 Å². The van der Waals surface area contributed by atoms with Gasteiger partial charge < -0.3 is 5.73 Å². The summed E-state index contributed by atoms with van der Waals surface area (Å²) in [6, 6.07) is 8.02. The second kappa shape index (κ2) is 6.55. The smallest absolute Gasteiger partial charge is 0.149 e. The highest BCUT2D eigenvalue weighted by Crippen LogP contribution is 2.09. The molecule has 0 amide bonds. The molecule has 1 aromatic rings. The predicted octanol–water partition coefficient (Wildman–Crippen LogP) is 2.87. The third-order valence-corrected chi connectivity index (χ3v) is 2.92. The van der Waals surface area contributed by atoms with E-state index in [2.05, 4.69) is 45.0 Å². The molecule has 94 valence electrons. The number of carbonyl (C=O) groups excluding carboxylic acids is 1. The van der Waals surface area contributed by atoms with Gasteiger partial charge in [-0.1, -0.05) is 43.7 Å². The van der Waals surface area contributed by atoms with Crippen molar-refractivity contribution in [3.8, 4) is 0 Å². The molecule has 1 rings (SSSR count). The Morgan fingerprint density at radius 1 is 1.24 bits per heavy atom. The van der Waals surface area contributed by atoms with Crippen molar-refractivity contribution in [1.29, 1.82) is 0 Å². The Morgan fingerprint density at radius 3 is 2.35 bits per heavy atom. The largest absolute Gasteiger partial charge is 0.322 e. The van der Waals surface area contributed by atoms with Gasteiger partial charge in [0, 0.05) is 6.42 Å². The SMILES string of the molecule is Cc1ccc(CCC(=O)C(N)CC(C)C)cc1. The van der Waals surface area contributed by atoms with Crippen molar-refractivity contribution in [2.45, 2.75) is 46.1 Å². The number of ketones is 1. The standard InChI is InChI=1S/C15H23NO/c1-11(2)10-14(16)15(17)9-8-13-6-4-12(3)5-7-13/h4-7,11,14H,8-10,16H2,1-3H3. The summed E-state index contributed by atoms with van der Waals surface area (Å²) in [5.41, 5.74) is 8.31. The fourth-order valence-corrected chi connectivity index (χ4v) is 1.85. The van der Waals surface area contributed by atoms with Crippen molar-refractivity contribution in [3.05, 3.63) is 35.4 Å². The molecule has 0 bridgehead atoms. The number of benzene rings is 1. The molecule has 0 saturated heterocycles. The van der Waals surface area contributed by atoms with Crippen LogP contribution in [-0.4, -0.2) is 11.8 Å². The van der Waals surface area contributed by atoms with Gasteiger partial charge in [0.05, 0.1) is 6.04 Å². The van der Waals surface area contributed by atoms with Gasteiger partial charge in [-0.2, -0.15) is 0 Å². The minimum Gasteiger partial charge on any atom is -0.322 e. The number of aryl methyl sites for hydroxylation is 2. The van der Waals surface area contributed by atoms with Crippen LogP contribution < -0.4 is 5.73 Å². The zero-order chi connectivity index (χ0) is 12.8. The molecule has 1 atom stereocenters. The monoisotopic (exact) mass is 233 g/mol. The van der Waals surface area contributed by atoms with E-state index in [1.165, 1.54) is 11.1 Å². The fraction of sp³-hybridized carbons (Fsp3) is 0.533. The summed E-state index contributed by atoms with van der Waals surface area (Å²) < 4.78 is 0. The number of rotatable bonds is 6. The average Bonchev–Trinajstić information content (AvgIpc) is 2.27. The van der Waals surface area contributed by atoms with E-state index in [-0.39, 0.29) is 11.8 Å². The van der Waals surface area contributed by atoms with Crippen LogP contribution in [0.5, 0.6) is 0 Å². The van der Waals surface area contributed by atoms with Crippen molar-refractivity contribution in [1.82, 2.24) is 0 Å². The highest BCUT2D eigenvalue weighted by atomic mass is 16.1. The average molecular weight is 233 g/mol. The molecule has 0 spiro atoms. The molecule has 0 aliphatic heterocycles. The summed E-state index contributed by atoms with van der Waals surface area (Å²) in [5.74, 6) is 0.660. The number of Topliss-reactive ketones (excluding diaryl/α,β-unsaturated/α-hetero) is 1. The van der Waals surface area contributed by atoms with Crippen LogP contribution in [0, 0.1) is 12.8 Å². The van der Waals surface area contributed by atoms with Crippen LogP contribution in [0.2, 0.25) is 0 Å². The van der Waals surface area contributed by atoms with E-state index in [0.29, 0.717) is 12.3 Å². The molecule has 2 N–H and O–H groups in total. The molecule has 1 unspecified atom stereocenters. The first kappa shape index (κ1) is 13.9. The normalized spacial score (nSPS) is 12.8.